The maximum absolute atomic E-state index is 12.2. The zero-order valence-corrected chi connectivity index (χ0v) is 12.1. The normalized spacial score (nSPS) is 10.9. The quantitative estimate of drug-likeness (QED) is 0.757. The molecule has 0 unspecified atom stereocenters. The number of hydrogen-bond donors (Lipinski definition) is 2. The molecule has 0 aromatic carbocycles. The van der Waals surface area contributed by atoms with Gasteiger partial charge in [0, 0.05) is 24.5 Å². The van der Waals surface area contributed by atoms with Gasteiger partial charge in [0.05, 0.1) is 5.69 Å². The Morgan fingerprint density at radius 3 is 3.05 bits per heavy atom. The highest BCUT2D eigenvalue weighted by Crippen LogP contribution is 2.34. The van der Waals surface area contributed by atoms with Gasteiger partial charge < -0.3 is 15.6 Å². The van der Waals surface area contributed by atoms with Gasteiger partial charge in [0.15, 0.2) is 6.33 Å². The zero-order valence-electron chi connectivity index (χ0n) is 11.3. The molecule has 108 valence electrons. The van der Waals surface area contributed by atoms with E-state index >= 15 is 0 Å². The lowest BCUT2D eigenvalue weighted by Crippen LogP contribution is -2.25. The van der Waals surface area contributed by atoms with Crippen molar-refractivity contribution in [3.8, 4) is 0 Å². The van der Waals surface area contributed by atoms with E-state index in [0.717, 1.165) is 15.8 Å². The van der Waals surface area contributed by atoms with Crippen molar-refractivity contribution >= 4 is 33.1 Å². The van der Waals surface area contributed by atoms with Crippen molar-refractivity contribution in [3.63, 3.8) is 0 Å². The predicted octanol–water partition coefficient (Wildman–Crippen LogP) is 1.54. The third kappa shape index (κ3) is 2.57. The average molecular weight is 303 g/mol. The maximum Gasteiger partial charge on any atom is 0.263 e. The predicted molar refractivity (Wildman–Crippen MR) is 79.1 cm³/mol. The minimum absolute atomic E-state index is 0.214. The summed E-state index contributed by atoms with van der Waals surface area (Å²) in [4.78, 5) is 21.6. The highest BCUT2D eigenvalue weighted by atomic mass is 32.1. The van der Waals surface area contributed by atoms with Crippen LogP contribution in [0.5, 0.6) is 0 Å². The van der Waals surface area contributed by atoms with Crippen molar-refractivity contribution in [2.45, 2.75) is 13.3 Å². The van der Waals surface area contributed by atoms with E-state index in [1.54, 1.807) is 6.20 Å². The third-order valence-corrected chi connectivity index (χ3v) is 4.19. The van der Waals surface area contributed by atoms with Crippen LogP contribution in [0.3, 0.4) is 0 Å². The van der Waals surface area contributed by atoms with Crippen molar-refractivity contribution in [2.75, 3.05) is 12.3 Å². The van der Waals surface area contributed by atoms with Crippen LogP contribution in [-0.4, -0.2) is 27.6 Å². The molecule has 0 saturated heterocycles. The van der Waals surface area contributed by atoms with Gasteiger partial charge in [0.25, 0.3) is 5.91 Å². The minimum atomic E-state index is -0.214. The summed E-state index contributed by atoms with van der Waals surface area (Å²) in [5.74, 6) is 0.270. The second-order valence-electron chi connectivity index (χ2n) is 4.49. The van der Waals surface area contributed by atoms with Crippen molar-refractivity contribution < 1.29 is 9.32 Å². The molecular weight excluding hydrogens is 290 g/mol. The molecule has 0 aliphatic rings. The summed E-state index contributed by atoms with van der Waals surface area (Å²) >= 11 is 1.29. The van der Waals surface area contributed by atoms with Crippen LogP contribution in [0.15, 0.2) is 23.1 Å². The van der Waals surface area contributed by atoms with E-state index in [2.05, 4.69) is 20.4 Å². The second kappa shape index (κ2) is 5.49. The number of hydrogen-bond acceptors (Lipinski definition) is 7. The number of nitrogen functional groups attached to an aromatic ring is 1. The van der Waals surface area contributed by atoms with E-state index in [9.17, 15) is 4.79 Å². The van der Waals surface area contributed by atoms with E-state index in [1.807, 2.05) is 13.0 Å². The standard InChI is InChI=1S/C13H13N5O2S/c1-7-2-4-16-13-9(7)10(14)11(21-13)12(19)15-5-3-8-17-6-18-20-8/h2,4,6H,3,5,14H2,1H3,(H,15,19). The van der Waals surface area contributed by atoms with Gasteiger partial charge in [-0.2, -0.15) is 4.98 Å². The molecule has 0 bridgehead atoms. The lowest BCUT2D eigenvalue weighted by atomic mass is 10.2. The molecule has 1 amide bonds. The molecular formula is C13H13N5O2S. The number of carbonyl (C=O) groups is 1. The molecule has 3 heterocycles. The number of pyridine rings is 1. The van der Waals surface area contributed by atoms with Gasteiger partial charge >= 0.3 is 0 Å². The van der Waals surface area contributed by atoms with Gasteiger partial charge in [-0.25, -0.2) is 4.98 Å². The lowest BCUT2D eigenvalue weighted by Gasteiger charge is -2.02. The summed E-state index contributed by atoms with van der Waals surface area (Å²) in [6.45, 7) is 2.35. The first-order chi connectivity index (χ1) is 10.2. The fourth-order valence-electron chi connectivity index (χ4n) is 2.04. The summed E-state index contributed by atoms with van der Waals surface area (Å²) in [6, 6.07) is 1.88. The molecule has 3 N–H and O–H groups in total. The fourth-order valence-corrected chi connectivity index (χ4v) is 3.10. The number of aromatic nitrogens is 3. The van der Waals surface area contributed by atoms with Crippen molar-refractivity contribution in [3.05, 3.63) is 34.9 Å². The highest BCUT2D eigenvalue weighted by molar-refractivity contribution is 7.21. The van der Waals surface area contributed by atoms with E-state index in [4.69, 9.17) is 10.3 Å². The van der Waals surface area contributed by atoms with Gasteiger partial charge in [-0.3, -0.25) is 4.79 Å². The monoisotopic (exact) mass is 303 g/mol. The molecule has 0 aliphatic heterocycles. The zero-order chi connectivity index (χ0) is 14.8. The first-order valence-electron chi connectivity index (χ1n) is 6.34. The number of nitrogens with two attached hydrogens (primary N) is 1. The smallest absolute Gasteiger partial charge is 0.263 e. The van der Waals surface area contributed by atoms with E-state index in [-0.39, 0.29) is 5.91 Å². The number of nitrogens with one attached hydrogen (secondary N) is 1. The second-order valence-corrected chi connectivity index (χ2v) is 5.49. The molecule has 0 atom stereocenters. The molecule has 0 radical (unpaired) electrons. The van der Waals surface area contributed by atoms with Gasteiger partial charge in [-0.1, -0.05) is 5.16 Å². The summed E-state index contributed by atoms with van der Waals surface area (Å²) < 4.78 is 4.86. The third-order valence-electron chi connectivity index (χ3n) is 3.07. The Bertz CT molecular complexity index is 781. The van der Waals surface area contributed by atoms with Crippen LogP contribution in [0, 0.1) is 6.92 Å². The Kier molecular flexibility index (Phi) is 3.53. The Labute approximate surface area is 124 Å². The molecule has 21 heavy (non-hydrogen) atoms. The first kappa shape index (κ1) is 13.5. The Morgan fingerprint density at radius 2 is 2.33 bits per heavy atom. The largest absolute Gasteiger partial charge is 0.397 e. The summed E-state index contributed by atoms with van der Waals surface area (Å²) in [7, 11) is 0. The molecule has 0 saturated carbocycles. The summed E-state index contributed by atoms with van der Waals surface area (Å²) in [6.07, 6.45) is 3.52. The van der Waals surface area contributed by atoms with Crippen molar-refractivity contribution in [1.82, 2.24) is 20.4 Å². The number of nitrogens with zero attached hydrogens (tertiary/aromatic N) is 3. The van der Waals surface area contributed by atoms with Crippen LogP contribution in [-0.2, 0) is 6.42 Å². The number of rotatable bonds is 4. The van der Waals surface area contributed by atoms with Crippen LogP contribution in [0.2, 0.25) is 0 Å². The Morgan fingerprint density at radius 1 is 1.48 bits per heavy atom. The van der Waals surface area contributed by atoms with E-state index < -0.39 is 0 Å². The van der Waals surface area contributed by atoms with E-state index in [1.165, 1.54) is 17.7 Å². The molecule has 8 heteroatoms. The summed E-state index contributed by atoms with van der Waals surface area (Å²) in [5, 5.41) is 7.15. The maximum atomic E-state index is 12.2. The van der Waals surface area contributed by atoms with Crippen LogP contribution >= 0.6 is 11.3 Å². The number of amides is 1. The van der Waals surface area contributed by atoms with Crippen LogP contribution < -0.4 is 11.1 Å². The van der Waals surface area contributed by atoms with Crippen molar-refractivity contribution in [1.29, 1.82) is 0 Å². The molecule has 3 aromatic heterocycles. The number of fused-ring (bicyclic) bond motifs is 1. The number of carbonyl (C=O) groups excluding carboxylic acids is 1. The lowest BCUT2D eigenvalue weighted by molar-refractivity contribution is 0.0958. The van der Waals surface area contributed by atoms with Crippen LogP contribution in [0.25, 0.3) is 10.2 Å². The minimum Gasteiger partial charge on any atom is -0.397 e. The van der Waals surface area contributed by atoms with Crippen LogP contribution in [0.1, 0.15) is 21.1 Å². The van der Waals surface area contributed by atoms with Crippen LogP contribution in [0.4, 0.5) is 5.69 Å². The number of thiophene rings is 1. The molecule has 0 fully saturated rings. The van der Waals surface area contributed by atoms with Gasteiger partial charge in [-0.15, -0.1) is 11.3 Å². The van der Waals surface area contributed by atoms with Gasteiger partial charge in [0.1, 0.15) is 9.71 Å². The Hall–Kier alpha value is -2.48. The SMILES string of the molecule is Cc1ccnc2sc(C(=O)NCCc3ncno3)c(N)c12. The number of anilines is 1. The molecule has 3 rings (SSSR count). The van der Waals surface area contributed by atoms with Gasteiger partial charge in [0.2, 0.25) is 5.89 Å². The molecule has 7 nitrogen and oxygen atoms in total. The number of aryl methyl sites for hydroxylation is 1. The van der Waals surface area contributed by atoms with Gasteiger partial charge in [-0.05, 0) is 18.6 Å². The highest BCUT2D eigenvalue weighted by Gasteiger charge is 2.18. The fraction of sp³-hybridized carbons (Fsp3) is 0.231. The Balaban J connectivity index is 1.75. The average Bonchev–Trinajstić information content (AvgIpc) is 3.08. The first-order valence-corrected chi connectivity index (χ1v) is 7.16. The molecule has 0 aliphatic carbocycles. The topological polar surface area (TPSA) is 107 Å². The van der Waals surface area contributed by atoms with Crippen molar-refractivity contribution in [2.24, 2.45) is 0 Å². The molecule has 3 aromatic rings. The molecule has 0 spiro atoms. The van der Waals surface area contributed by atoms with E-state index in [0.29, 0.717) is 29.4 Å². The summed E-state index contributed by atoms with van der Waals surface area (Å²) in [5.41, 5.74) is 7.57.